The van der Waals surface area contributed by atoms with E-state index >= 15 is 0 Å². The fourth-order valence-electron chi connectivity index (χ4n) is 0. The molecule has 0 aliphatic carbocycles. The molecule has 0 rings (SSSR count). The molecule has 0 saturated carbocycles. The Labute approximate surface area is 58.7 Å². The number of rotatable bonds is 0. The minimum absolute atomic E-state index is 0. The summed E-state index contributed by atoms with van der Waals surface area (Å²) in [5.74, 6) is 0. The Morgan fingerprint density at radius 3 is 0.714 bits per heavy atom. The summed E-state index contributed by atoms with van der Waals surface area (Å²) in [6.45, 7) is 0. The fourth-order valence-corrected chi connectivity index (χ4v) is 0. The maximum atomic E-state index is 4.99. The van der Waals surface area contributed by atoms with Crippen molar-refractivity contribution < 1.29 is 30.1 Å². The molecule has 0 aliphatic rings. The molecule has 52 valence electrons. The SMILES string of the molecule is O.O.O.[Cl][Re]([Cl])[Cl]. The van der Waals surface area contributed by atoms with Gasteiger partial charge in [0.1, 0.15) is 0 Å². The first-order valence-corrected chi connectivity index (χ1v) is 10.5. The Hall–Kier alpha value is 1.41. The van der Waals surface area contributed by atoms with Crippen LogP contribution in [0.5, 0.6) is 0 Å². The second-order valence-electron chi connectivity index (χ2n) is 0.162. The van der Waals surface area contributed by atoms with Gasteiger partial charge in [0.25, 0.3) is 0 Å². The quantitative estimate of drug-likeness (QED) is 0.570. The molecule has 0 aromatic heterocycles. The Morgan fingerprint density at radius 1 is 0.714 bits per heavy atom. The molecule has 3 nitrogen and oxygen atoms in total. The van der Waals surface area contributed by atoms with Crippen molar-refractivity contribution in [2.75, 3.05) is 0 Å². The van der Waals surface area contributed by atoms with Gasteiger partial charge in [0.15, 0.2) is 0 Å². The van der Waals surface area contributed by atoms with Gasteiger partial charge in [0, 0.05) is 0 Å². The molecule has 0 radical (unpaired) electrons. The van der Waals surface area contributed by atoms with Gasteiger partial charge in [-0.3, -0.25) is 0 Å². The number of hydrogen-bond donors (Lipinski definition) is 0. The molecule has 6 N–H and O–H groups in total. The molecule has 7 heavy (non-hydrogen) atoms. The van der Waals surface area contributed by atoms with Crippen LogP contribution in [-0.2, 0) is 13.7 Å². The first kappa shape index (κ1) is 23.7. The number of hydrogen-bond acceptors (Lipinski definition) is 0. The Balaban J connectivity index is -0.0000000150. The molecule has 0 aliphatic heterocycles. The van der Waals surface area contributed by atoms with Crippen molar-refractivity contribution >= 4 is 28.6 Å². The Morgan fingerprint density at radius 2 is 0.714 bits per heavy atom. The normalized spacial score (nSPS) is 6.43. The van der Waals surface area contributed by atoms with Crippen LogP contribution >= 0.6 is 28.6 Å². The first-order valence-electron chi connectivity index (χ1n) is 0.429. The van der Waals surface area contributed by atoms with Crippen molar-refractivity contribution in [2.24, 2.45) is 0 Å². The third-order valence-corrected chi connectivity index (χ3v) is 0. The second kappa shape index (κ2) is 15.7. The van der Waals surface area contributed by atoms with Gasteiger partial charge in [-0.05, 0) is 0 Å². The predicted molar refractivity (Wildman–Crippen MR) is 28.4 cm³/mol. The van der Waals surface area contributed by atoms with E-state index in [4.69, 9.17) is 28.6 Å². The van der Waals surface area contributed by atoms with Crippen molar-refractivity contribution in [3.63, 3.8) is 0 Å². The molecule has 0 bridgehead atoms. The van der Waals surface area contributed by atoms with E-state index in [2.05, 4.69) is 0 Å². The Kier molecular flexibility index (Phi) is 53.1. The van der Waals surface area contributed by atoms with Crippen molar-refractivity contribution in [3.8, 4) is 0 Å². The second-order valence-corrected chi connectivity index (χ2v) is 11.9. The van der Waals surface area contributed by atoms with Crippen LogP contribution in [0, 0.1) is 0 Å². The van der Waals surface area contributed by atoms with Crippen LogP contribution in [-0.4, -0.2) is 16.4 Å². The summed E-state index contributed by atoms with van der Waals surface area (Å²) in [6.07, 6.45) is 0. The molecule has 0 saturated heterocycles. The molecule has 0 aromatic carbocycles. The van der Waals surface area contributed by atoms with Crippen LogP contribution in [0.25, 0.3) is 0 Å². The molecule has 7 heteroatoms. The summed E-state index contributed by atoms with van der Waals surface area (Å²) in [6, 6.07) is 0. The molecule has 0 aromatic rings. The van der Waals surface area contributed by atoms with Crippen LogP contribution in [0.4, 0.5) is 0 Å². The van der Waals surface area contributed by atoms with Gasteiger partial charge in [-0.1, -0.05) is 0 Å². The van der Waals surface area contributed by atoms with Crippen LogP contribution in [0.15, 0.2) is 0 Å². The van der Waals surface area contributed by atoms with Crippen LogP contribution in [0.2, 0.25) is 0 Å². The maximum absolute atomic E-state index is 4.99. The van der Waals surface area contributed by atoms with Crippen LogP contribution in [0.1, 0.15) is 0 Å². The first-order chi connectivity index (χ1) is 1.73. The summed E-state index contributed by atoms with van der Waals surface area (Å²) in [5, 5.41) is 0. The van der Waals surface area contributed by atoms with Gasteiger partial charge < -0.3 is 16.4 Å². The van der Waals surface area contributed by atoms with E-state index in [0.717, 1.165) is 0 Å². The standard InChI is InChI=1S/3ClH.3H2O.Re/h3*1H;3*1H2;/q;;;;;;+3/p-3. The van der Waals surface area contributed by atoms with E-state index < -0.39 is 13.7 Å². The molecule has 0 unspecified atom stereocenters. The summed E-state index contributed by atoms with van der Waals surface area (Å²) < 4.78 is 0. The van der Waals surface area contributed by atoms with Gasteiger partial charge in [-0.2, -0.15) is 0 Å². The third kappa shape index (κ3) is 109. The van der Waals surface area contributed by atoms with Gasteiger partial charge in [-0.25, -0.2) is 0 Å². The fraction of sp³-hybridized carbons (Fsp3) is 0. The van der Waals surface area contributed by atoms with E-state index in [-0.39, 0.29) is 16.4 Å². The zero-order valence-corrected chi connectivity index (χ0v) is 8.00. The van der Waals surface area contributed by atoms with Crippen molar-refractivity contribution in [2.45, 2.75) is 0 Å². The summed E-state index contributed by atoms with van der Waals surface area (Å²) in [7, 11) is 15.0. The molecule has 0 fully saturated rings. The van der Waals surface area contributed by atoms with E-state index in [1.807, 2.05) is 0 Å². The monoisotopic (exact) mass is 346 g/mol. The summed E-state index contributed by atoms with van der Waals surface area (Å²) in [4.78, 5) is 0. The van der Waals surface area contributed by atoms with E-state index in [1.165, 1.54) is 0 Å². The van der Waals surface area contributed by atoms with Crippen molar-refractivity contribution in [3.05, 3.63) is 0 Å². The zero-order chi connectivity index (χ0) is 3.58. The minimum atomic E-state index is -2.05. The van der Waals surface area contributed by atoms with Gasteiger partial charge in [0.2, 0.25) is 0 Å². The van der Waals surface area contributed by atoms with E-state index in [1.54, 1.807) is 0 Å². The number of halogens is 3. The topological polar surface area (TPSA) is 94.5 Å². The molecule has 0 spiro atoms. The molecule has 0 amide bonds. The Bertz CT molecular complexity index is 14.9. The van der Waals surface area contributed by atoms with E-state index in [9.17, 15) is 0 Å². The average Bonchev–Trinajstić information content (AvgIpc) is 0.811. The third-order valence-electron chi connectivity index (χ3n) is 0. The van der Waals surface area contributed by atoms with Crippen LogP contribution in [0.3, 0.4) is 0 Å². The summed E-state index contributed by atoms with van der Waals surface area (Å²) >= 11 is -2.05. The zero-order valence-electron chi connectivity index (χ0n) is 3.01. The van der Waals surface area contributed by atoms with Crippen molar-refractivity contribution in [1.29, 1.82) is 0 Å². The molecular formula is H6Cl3O3Re. The molecule has 0 atom stereocenters. The van der Waals surface area contributed by atoms with Gasteiger partial charge in [0.05, 0.1) is 0 Å². The molecular weight excluding hydrogens is 341 g/mol. The molecule has 0 heterocycles. The van der Waals surface area contributed by atoms with Crippen molar-refractivity contribution in [1.82, 2.24) is 0 Å². The average molecular weight is 347 g/mol. The summed E-state index contributed by atoms with van der Waals surface area (Å²) in [5.41, 5.74) is 0. The van der Waals surface area contributed by atoms with Gasteiger partial charge >= 0.3 is 42.3 Å². The van der Waals surface area contributed by atoms with Gasteiger partial charge in [-0.15, -0.1) is 0 Å². The van der Waals surface area contributed by atoms with E-state index in [0.29, 0.717) is 0 Å². The predicted octanol–water partition coefficient (Wildman–Crippen LogP) is -0.408. The van der Waals surface area contributed by atoms with Crippen LogP contribution < -0.4 is 0 Å².